The number of aliphatic imine (C=N–C) groups is 2. The number of nitrogens with zero attached hydrogens (tertiary/aromatic N) is 2. The van der Waals surface area contributed by atoms with E-state index in [1.54, 1.807) is 0 Å². The van der Waals surface area contributed by atoms with Gasteiger partial charge in [-0.15, -0.1) is 0 Å². The molecule has 0 N–H and O–H groups in total. The molecule has 0 spiro atoms. The highest BCUT2D eigenvalue weighted by Crippen LogP contribution is 2.66. The Morgan fingerprint density at radius 2 is 0.846 bits per heavy atom. The predicted molar refractivity (Wildman–Crippen MR) is 271 cm³/mol. The van der Waals surface area contributed by atoms with Crippen molar-refractivity contribution in [2.24, 2.45) is 9.98 Å². The van der Waals surface area contributed by atoms with E-state index in [0.717, 1.165) is 33.4 Å². The van der Waals surface area contributed by atoms with Gasteiger partial charge in [-0.1, -0.05) is 231 Å². The van der Waals surface area contributed by atoms with Gasteiger partial charge in [-0.05, 0) is 102 Å². The van der Waals surface area contributed by atoms with Crippen LogP contribution in [0.3, 0.4) is 0 Å². The summed E-state index contributed by atoms with van der Waals surface area (Å²) in [5, 5.41) is 4.68. The van der Waals surface area contributed by atoms with Crippen LogP contribution in [-0.4, -0.2) is 11.5 Å². The number of rotatable bonds is 7. The van der Waals surface area contributed by atoms with Crippen LogP contribution < -0.4 is 0 Å². The van der Waals surface area contributed by atoms with Crippen LogP contribution in [0.1, 0.15) is 68.1 Å². The Bertz CT molecular complexity index is 3580. The second kappa shape index (κ2) is 15.3. The molecule has 0 aromatic heterocycles. The van der Waals surface area contributed by atoms with Crippen LogP contribution in [0.4, 0.5) is 0 Å². The lowest BCUT2D eigenvalue weighted by molar-refractivity contribution is 0.626. The fraction of sp³-hybridized carbons (Fsp3) is 0.0476. The molecule has 306 valence electrons. The van der Waals surface area contributed by atoms with Crippen molar-refractivity contribution in [1.29, 1.82) is 0 Å². The molecule has 0 bridgehead atoms. The van der Waals surface area contributed by atoms with Crippen LogP contribution in [0.25, 0.3) is 38.4 Å². The van der Waals surface area contributed by atoms with E-state index in [-0.39, 0.29) is 0 Å². The highest BCUT2D eigenvalue weighted by atomic mass is 14.9. The molecule has 2 unspecified atom stereocenters. The van der Waals surface area contributed by atoms with Crippen molar-refractivity contribution in [1.82, 2.24) is 0 Å². The average molecular weight is 829 g/mol. The van der Waals surface area contributed by atoms with E-state index < -0.39 is 10.8 Å². The van der Waals surface area contributed by atoms with Gasteiger partial charge in [0.15, 0.2) is 5.84 Å². The van der Waals surface area contributed by atoms with E-state index >= 15 is 0 Å². The first kappa shape index (κ1) is 38.5. The topological polar surface area (TPSA) is 24.7 Å². The Labute approximate surface area is 380 Å². The molecule has 0 heterocycles. The molecule has 2 heteroatoms. The highest BCUT2D eigenvalue weighted by molar-refractivity contribution is 6.14. The van der Waals surface area contributed by atoms with Gasteiger partial charge >= 0.3 is 0 Å². The van der Waals surface area contributed by atoms with E-state index in [0.29, 0.717) is 11.5 Å². The summed E-state index contributed by atoms with van der Waals surface area (Å²) in [6.45, 7) is 6.74. The Kier molecular flexibility index (Phi) is 9.03. The van der Waals surface area contributed by atoms with Crippen molar-refractivity contribution < 1.29 is 0 Å². The Balaban J connectivity index is 1.18. The number of hydrogen-bond acceptors (Lipinski definition) is 1. The minimum Gasteiger partial charge on any atom is -0.233 e. The zero-order valence-corrected chi connectivity index (χ0v) is 36.1. The van der Waals surface area contributed by atoms with Gasteiger partial charge in [-0.3, -0.25) is 0 Å². The molecule has 0 radical (unpaired) electrons. The Morgan fingerprint density at radius 3 is 1.52 bits per heavy atom. The predicted octanol–water partition coefficient (Wildman–Crippen LogP) is 15.0. The lowest BCUT2D eigenvalue weighted by Crippen LogP contribution is -2.45. The zero-order valence-electron chi connectivity index (χ0n) is 36.1. The van der Waals surface area contributed by atoms with E-state index in [9.17, 15) is 0 Å². The Hall–Kier alpha value is -8.20. The summed E-state index contributed by atoms with van der Waals surface area (Å²) in [4.78, 5) is 11.1. The number of fused-ring (bicyclic) bond motifs is 7. The lowest BCUT2D eigenvalue weighted by atomic mass is 9.51. The molecule has 0 aliphatic heterocycles. The van der Waals surface area contributed by atoms with Crippen LogP contribution in [0.15, 0.2) is 253 Å². The van der Waals surface area contributed by atoms with Gasteiger partial charge in [-0.2, -0.15) is 0 Å². The third-order valence-electron chi connectivity index (χ3n) is 13.9. The molecule has 0 saturated heterocycles. The van der Waals surface area contributed by atoms with Gasteiger partial charge in [0.25, 0.3) is 0 Å². The van der Waals surface area contributed by atoms with Gasteiger partial charge in [0.2, 0.25) is 0 Å². The van der Waals surface area contributed by atoms with E-state index in [2.05, 4.69) is 250 Å². The SMILES string of the molecule is C=C(/N=C(\N=C(/C)c1ccc2ccccc2c1)c1ccccc1C1(c2ccccc2)c2ccccc2C2(c3ccccc3)c3ccccc3-c3cccc1c32)c1ccc2ccccc2c1. The molecule has 65 heavy (non-hydrogen) atoms. The third-order valence-corrected chi connectivity index (χ3v) is 13.9. The third kappa shape index (κ3) is 5.81. The van der Waals surface area contributed by atoms with Crippen LogP contribution in [0.2, 0.25) is 0 Å². The van der Waals surface area contributed by atoms with Crippen molar-refractivity contribution in [3.05, 3.63) is 304 Å². The van der Waals surface area contributed by atoms with Crippen molar-refractivity contribution >= 4 is 38.8 Å². The molecule has 0 fully saturated rings. The molecule has 12 rings (SSSR count). The van der Waals surface area contributed by atoms with Crippen LogP contribution in [0.5, 0.6) is 0 Å². The fourth-order valence-corrected chi connectivity index (χ4v) is 11.2. The first-order chi connectivity index (χ1) is 32.1. The molecule has 2 aliphatic rings. The molecule has 0 amide bonds. The van der Waals surface area contributed by atoms with Gasteiger partial charge < -0.3 is 0 Å². The molecular weight excluding hydrogens is 785 g/mol. The van der Waals surface area contributed by atoms with Gasteiger partial charge in [0, 0.05) is 16.8 Å². The van der Waals surface area contributed by atoms with E-state index in [1.807, 2.05) is 0 Å². The molecule has 0 saturated carbocycles. The standard InChI is InChI=1S/C63H44N2/c1-42(46-38-36-44-20-9-11-22-48(44)40-46)64-61(65-43(2)47-39-37-45-21-10-12-23-49(45)41-47)54-29-14-16-32-56(54)62(50-24-5-3-6-25-50)57-33-17-18-34-58(57)63(51-26-7-4-8-27-51)55-31-15-13-28-52(55)53-30-19-35-59(62)60(53)63/h3-41H,1H2,2H3/b64-61-,65-43+. The van der Waals surface area contributed by atoms with Gasteiger partial charge in [-0.25, -0.2) is 9.98 Å². The molecule has 2 nitrogen and oxygen atoms in total. The Morgan fingerprint density at radius 1 is 0.369 bits per heavy atom. The van der Waals surface area contributed by atoms with Gasteiger partial charge in [0.05, 0.1) is 16.5 Å². The van der Waals surface area contributed by atoms with Crippen molar-refractivity contribution in [3.63, 3.8) is 0 Å². The zero-order chi connectivity index (χ0) is 43.5. The second-order valence-corrected chi connectivity index (χ2v) is 17.3. The smallest absolute Gasteiger partial charge is 0.160 e. The maximum Gasteiger partial charge on any atom is 0.160 e. The minimum atomic E-state index is -0.794. The quantitative estimate of drug-likeness (QED) is 0.113. The molecule has 10 aromatic rings. The van der Waals surface area contributed by atoms with Crippen LogP contribution >= 0.6 is 0 Å². The number of amidine groups is 1. The number of hydrogen-bond donors (Lipinski definition) is 0. The van der Waals surface area contributed by atoms with E-state index in [4.69, 9.17) is 9.98 Å². The number of benzene rings is 10. The summed E-state index contributed by atoms with van der Waals surface area (Å²) in [6.07, 6.45) is 0. The summed E-state index contributed by atoms with van der Waals surface area (Å²) in [7, 11) is 0. The molecule has 2 atom stereocenters. The molecule has 10 aromatic carbocycles. The normalized spacial score (nSPS) is 17.4. The second-order valence-electron chi connectivity index (χ2n) is 17.3. The maximum atomic E-state index is 5.59. The monoisotopic (exact) mass is 828 g/mol. The molecular formula is C63H44N2. The lowest BCUT2D eigenvalue weighted by Gasteiger charge is -2.50. The largest absolute Gasteiger partial charge is 0.233 e. The maximum absolute atomic E-state index is 5.59. The van der Waals surface area contributed by atoms with Crippen molar-refractivity contribution in [3.8, 4) is 11.1 Å². The fourth-order valence-electron chi connectivity index (χ4n) is 11.2. The van der Waals surface area contributed by atoms with Crippen LogP contribution in [0, 0.1) is 0 Å². The van der Waals surface area contributed by atoms with Crippen molar-refractivity contribution in [2.75, 3.05) is 0 Å². The van der Waals surface area contributed by atoms with Gasteiger partial charge in [0.1, 0.15) is 0 Å². The first-order valence-electron chi connectivity index (χ1n) is 22.4. The molecule has 2 aliphatic carbocycles. The minimum absolute atomic E-state index is 0.556. The average Bonchev–Trinajstić information content (AvgIpc) is 3.68. The van der Waals surface area contributed by atoms with E-state index in [1.165, 1.54) is 66.2 Å². The highest BCUT2D eigenvalue weighted by Gasteiger charge is 2.58. The first-order valence-corrected chi connectivity index (χ1v) is 22.4. The summed E-state index contributed by atoms with van der Waals surface area (Å²) in [6, 6.07) is 86.2. The summed E-state index contributed by atoms with van der Waals surface area (Å²) >= 11 is 0. The summed E-state index contributed by atoms with van der Waals surface area (Å²) in [5.41, 5.74) is 15.5. The summed E-state index contributed by atoms with van der Waals surface area (Å²) < 4.78 is 0. The van der Waals surface area contributed by atoms with Crippen molar-refractivity contribution in [2.45, 2.75) is 17.8 Å². The van der Waals surface area contributed by atoms with Crippen LogP contribution in [-0.2, 0) is 10.8 Å². The summed E-state index contributed by atoms with van der Waals surface area (Å²) in [5.74, 6) is 0.605.